The first-order valence-corrected chi connectivity index (χ1v) is 7.00. The molecule has 5 heteroatoms. The number of carbonyl (C=O) groups excluding carboxylic acids is 2. The summed E-state index contributed by atoms with van der Waals surface area (Å²) in [6, 6.07) is 9.60. The molecule has 2 aliphatic rings. The smallest absolute Gasteiger partial charge is 0.249 e. The molecule has 0 bridgehead atoms. The molecule has 1 atom stereocenters. The predicted molar refractivity (Wildman–Crippen MR) is 76.7 cm³/mol. The molecule has 2 aliphatic heterocycles. The molecule has 1 fully saturated rings. The molecule has 2 aromatic rings. The van der Waals surface area contributed by atoms with Gasteiger partial charge < -0.3 is 9.32 Å². The van der Waals surface area contributed by atoms with Crippen LogP contribution < -0.4 is 10.2 Å². The number of nitrogens with zero attached hydrogens (tertiary/aromatic N) is 1. The van der Waals surface area contributed by atoms with Crippen LogP contribution in [0.4, 0.5) is 5.88 Å². The predicted octanol–water partition coefficient (Wildman–Crippen LogP) is 1.72. The third-order valence-electron chi connectivity index (χ3n) is 4.14. The number of benzene rings is 1. The van der Waals surface area contributed by atoms with Crippen LogP contribution in [-0.2, 0) is 16.0 Å². The summed E-state index contributed by atoms with van der Waals surface area (Å²) >= 11 is 0. The van der Waals surface area contributed by atoms with Crippen molar-refractivity contribution in [2.45, 2.75) is 18.9 Å². The molecular formula is C16H14N2O3. The van der Waals surface area contributed by atoms with Crippen molar-refractivity contribution < 1.29 is 14.0 Å². The first-order chi connectivity index (χ1) is 10.2. The van der Waals surface area contributed by atoms with Crippen molar-refractivity contribution in [3.63, 3.8) is 0 Å². The Morgan fingerprint density at radius 2 is 2.00 bits per heavy atom. The normalized spacial score (nSPS) is 20.8. The van der Waals surface area contributed by atoms with Gasteiger partial charge in [0, 0.05) is 17.7 Å². The zero-order valence-corrected chi connectivity index (χ0v) is 11.3. The fraction of sp³-hybridized carbons (Fsp3) is 0.250. The lowest BCUT2D eigenvalue weighted by molar-refractivity contribution is -0.125. The van der Waals surface area contributed by atoms with E-state index in [0.29, 0.717) is 6.54 Å². The van der Waals surface area contributed by atoms with Crippen molar-refractivity contribution in [1.29, 1.82) is 0 Å². The van der Waals surface area contributed by atoms with E-state index in [2.05, 4.69) is 5.32 Å². The first-order valence-electron chi connectivity index (χ1n) is 7.00. The quantitative estimate of drug-likeness (QED) is 0.852. The van der Waals surface area contributed by atoms with Crippen molar-refractivity contribution in [2.75, 3.05) is 11.4 Å². The van der Waals surface area contributed by atoms with E-state index in [1.807, 2.05) is 35.2 Å². The van der Waals surface area contributed by atoms with E-state index in [1.54, 1.807) is 6.26 Å². The highest BCUT2D eigenvalue weighted by Crippen LogP contribution is 2.39. The second-order valence-corrected chi connectivity index (χ2v) is 5.37. The second kappa shape index (κ2) is 4.48. The molecule has 21 heavy (non-hydrogen) atoms. The van der Waals surface area contributed by atoms with Crippen molar-refractivity contribution in [1.82, 2.24) is 5.32 Å². The fourth-order valence-corrected chi connectivity index (χ4v) is 3.14. The minimum Gasteiger partial charge on any atom is -0.448 e. The second-order valence-electron chi connectivity index (χ2n) is 5.37. The number of amides is 2. The SMILES string of the molecule is O=C1CC(N2CCc3c(-c4ccccc4)coc32)C(=O)N1. The van der Waals surface area contributed by atoms with Crippen LogP contribution in [0.3, 0.4) is 0 Å². The number of carbonyl (C=O) groups is 2. The molecule has 106 valence electrons. The van der Waals surface area contributed by atoms with E-state index in [-0.39, 0.29) is 18.2 Å². The summed E-state index contributed by atoms with van der Waals surface area (Å²) in [6.45, 7) is 0.709. The van der Waals surface area contributed by atoms with Gasteiger partial charge in [0.15, 0.2) is 5.88 Å². The van der Waals surface area contributed by atoms with E-state index < -0.39 is 6.04 Å². The molecule has 0 saturated carbocycles. The minimum atomic E-state index is -0.437. The van der Waals surface area contributed by atoms with E-state index >= 15 is 0 Å². The maximum absolute atomic E-state index is 11.8. The molecule has 5 nitrogen and oxygen atoms in total. The van der Waals surface area contributed by atoms with Gasteiger partial charge in [-0.25, -0.2) is 0 Å². The van der Waals surface area contributed by atoms with Gasteiger partial charge >= 0.3 is 0 Å². The molecule has 1 N–H and O–H groups in total. The number of hydrogen-bond acceptors (Lipinski definition) is 4. The Hall–Kier alpha value is -2.56. The average Bonchev–Trinajstić information content (AvgIpc) is 3.14. The fourth-order valence-electron chi connectivity index (χ4n) is 3.14. The van der Waals surface area contributed by atoms with Gasteiger partial charge in [0.1, 0.15) is 12.3 Å². The summed E-state index contributed by atoms with van der Waals surface area (Å²) < 4.78 is 5.70. The number of hydrogen-bond donors (Lipinski definition) is 1. The number of nitrogens with one attached hydrogen (secondary N) is 1. The maximum atomic E-state index is 11.8. The standard InChI is InChI=1S/C16H14N2O3/c19-14-8-13(15(20)17-14)18-7-6-11-12(9-21-16(11)18)10-4-2-1-3-5-10/h1-5,9,13H,6-8H2,(H,17,19,20). The number of rotatable bonds is 2. The zero-order chi connectivity index (χ0) is 14.4. The molecule has 4 rings (SSSR count). The van der Waals surface area contributed by atoms with Crippen LogP contribution in [0.2, 0.25) is 0 Å². The molecule has 0 radical (unpaired) electrons. The molecule has 0 spiro atoms. The van der Waals surface area contributed by atoms with E-state index in [4.69, 9.17) is 4.42 Å². The Labute approximate surface area is 121 Å². The summed E-state index contributed by atoms with van der Waals surface area (Å²) in [5, 5.41) is 2.35. The van der Waals surface area contributed by atoms with Crippen LogP contribution in [0.15, 0.2) is 41.0 Å². The van der Waals surface area contributed by atoms with Crippen LogP contribution >= 0.6 is 0 Å². The Bertz CT molecular complexity index is 720. The van der Waals surface area contributed by atoms with Crippen LogP contribution in [0.1, 0.15) is 12.0 Å². The molecule has 3 heterocycles. The monoisotopic (exact) mass is 282 g/mol. The Morgan fingerprint density at radius 3 is 2.71 bits per heavy atom. The van der Waals surface area contributed by atoms with Gasteiger partial charge in [-0.1, -0.05) is 30.3 Å². The third-order valence-corrected chi connectivity index (χ3v) is 4.14. The molecule has 1 unspecified atom stereocenters. The highest BCUT2D eigenvalue weighted by Gasteiger charge is 2.40. The van der Waals surface area contributed by atoms with Crippen LogP contribution in [0, 0.1) is 0 Å². The van der Waals surface area contributed by atoms with Crippen molar-refractivity contribution in [2.24, 2.45) is 0 Å². The number of furan rings is 1. The summed E-state index contributed by atoms with van der Waals surface area (Å²) in [5.41, 5.74) is 3.29. The Balaban J connectivity index is 1.70. The molecular weight excluding hydrogens is 268 g/mol. The van der Waals surface area contributed by atoms with Gasteiger partial charge in [-0.2, -0.15) is 0 Å². The Morgan fingerprint density at radius 1 is 1.19 bits per heavy atom. The van der Waals surface area contributed by atoms with Gasteiger partial charge in [-0.15, -0.1) is 0 Å². The minimum absolute atomic E-state index is 0.208. The lowest BCUT2D eigenvalue weighted by Crippen LogP contribution is -2.39. The number of anilines is 1. The summed E-state index contributed by atoms with van der Waals surface area (Å²) in [4.78, 5) is 25.1. The van der Waals surface area contributed by atoms with Crippen molar-refractivity contribution in [3.8, 4) is 11.1 Å². The Kier molecular flexibility index (Phi) is 2.60. The molecule has 2 amide bonds. The molecule has 0 aliphatic carbocycles. The van der Waals surface area contributed by atoms with Gasteiger partial charge in [0.25, 0.3) is 0 Å². The molecule has 1 aromatic carbocycles. The van der Waals surface area contributed by atoms with Gasteiger partial charge in [0.2, 0.25) is 11.8 Å². The lowest BCUT2D eigenvalue weighted by atomic mass is 10.0. The molecule has 1 aromatic heterocycles. The topological polar surface area (TPSA) is 62.6 Å². The van der Waals surface area contributed by atoms with Crippen LogP contribution in [0.5, 0.6) is 0 Å². The maximum Gasteiger partial charge on any atom is 0.249 e. The van der Waals surface area contributed by atoms with Crippen LogP contribution in [-0.4, -0.2) is 24.4 Å². The van der Waals surface area contributed by atoms with Gasteiger partial charge in [-0.05, 0) is 12.0 Å². The zero-order valence-electron chi connectivity index (χ0n) is 11.3. The van der Waals surface area contributed by atoms with Crippen molar-refractivity contribution >= 4 is 17.7 Å². The highest BCUT2D eigenvalue weighted by molar-refractivity contribution is 6.07. The van der Waals surface area contributed by atoms with E-state index in [9.17, 15) is 9.59 Å². The van der Waals surface area contributed by atoms with E-state index in [1.165, 1.54) is 0 Å². The van der Waals surface area contributed by atoms with Crippen molar-refractivity contribution in [3.05, 3.63) is 42.2 Å². The lowest BCUT2D eigenvalue weighted by Gasteiger charge is -2.21. The summed E-state index contributed by atoms with van der Waals surface area (Å²) in [7, 11) is 0. The van der Waals surface area contributed by atoms with Gasteiger partial charge in [-0.3, -0.25) is 14.9 Å². The number of imide groups is 1. The summed E-state index contributed by atoms with van der Waals surface area (Å²) in [6.07, 6.45) is 2.77. The first kappa shape index (κ1) is 12.2. The number of fused-ring (bicyclic) bond motifs is 1. The van der Waals surface area contributed by atoms with Crippen LogP contribution in [0.25, 0.3) is 11.1 Å². The average molecular weight is 282 g/mol. The van der Waals surface area contributed by atoms with E-state index in [0.717, 1.165) is 29.0 Å². The third kappa shape index (κ3) is 1.85. The largest absolute Gasteiger partial charge is 0.448 e. The summed E-state index contributed by atoms with van der Waals surface area (Å²) in [5.74, 6) is 0.280. The molecule has 1 saturated heterocycles. The highest BCUT2D eigenvalue weighted by atomic mass is 16.3. The van der Waals surface area contributed by atoms with Gasteiger partial charge in [0.05, 0.1) is 6.42 Å².